The highest BCUT2D eigenvalue weighted by Gasteiger charge is 2.43. The molecule has 1 aliphatic rings. The second-order valence-corrected chi connectivity index (χ2v) is 9.25. The molecule has 1 saturated heterocycles. The van der Waals surface area contributed by atoms with Crippen molar-refractivity contribution in [2.75, 3.05) is 17.8 Å². The number of nitrogens with zero attached hydrogens (tertiary/aromatic N) is 1. The lowest BCUT2D eigenvalue weighted by Crippen LogP contribution is -2.44. The van der Waals surface area contributed by atoms with E-state index in [0.29, 0.717) is 5.52 Å². The minimum absolute atomic E-state index is 0.0463. The number of amides is 1. The summed E-state index contributed by atoms with van der Waals surface area (Å²) in [6, 6.07) is 9.72. The van der Waals surface area contributed by atoms with Gasteiger partial charge in [-0.3, -0.25) is 9.52 Å². The SMILES string of the molecule is O=C(c1ccccc1NS(=O)(=O)c1ccc2[nH]c(=O)[nH]c2c1)N1CCCC(C(F)(F)F)C1. The molecule has 0 bridgehead atoms. The minimum atomic E-state index is -4.40. The number of sulfonamides is 1. The molecule has 0 saturated carbocycles. The van der Waals surface area contributed by atoms with E-state index in [1.54, 1.807) is 0 Å². The number of halogens is 3. The van der Waals surface area contributed by atoms with Crippen molar-refractivity contribution in [3.63, 3.8) is 0 Å². The predicted octanol–water partition coefficient (Wildman–Crippen LogP) is 3.07. The third-order valence-corrected chi connectivity index (χ3v) is 6.73. The summed E-state index contributed by atoms with van der Waals surface area (Å²) < 4.78 is 67.5. The monoisotopic (exact) mass is 468 g/mol. The number of benzene rings is 2. The van der Waals surface area contributed by atoms with Gasteiger partial charge in [-0.15, -0.1) is 0 Å². The van der Waals surface area contributed by atoms with Gasteiger partial charge >= 0.3 is 11.9 Å². The van der Waals surface area contributed by atoms with Crippen LogP contribution in [-0.4, -0.2) is 48.5 Å². The molecule has 1 unspecified atom stereocenters. The number of hydrogen-bond donors (Lipinski definition) is 3. The van der Waals surface area contributed by atoms with Crippen LogP contribution in [0.15, 0.2) is 52.2 Å². The average Bonchev–Trinajstić information content (AvgIpc) is 3.12. The molecular weight excluding hydrogens is 449 g/mol. The number of para-hydroxylation sites is 1. The lowest BCUT2D eigenvalue weighted by molar-refractivity contribution is -0.184. The van der Waals surface area contributed by atoms with Gasteiger partial charge in [0.1, 0.15) is 0 Å². The highest BCUT2D eigenvalue weighted by Crippen LogP contribution is 2.34. The second-order valence-electron chi connectivity index (χ2n) is 7.57. The van der Waals surface area contributed by atoms with E-state index in [1.165, 1.54) is 42.5 Å². The highest BCUT2D eigenvalue weighted by atomic mass is 32.2. The number of aromatic nitrogens is 2. The summed E-state index contributed by atoms with van der Waals surface area (Å²) in [5.41, 5.74) is 0.129. The Balaban J connectivity index is 1.61. The fourth-order valence-corrected chi connectivity index (χ4v) is 4.85. The molecule has 0 radical (unpaired) electrons. The Labute approximate surface area is 180 Å². The Morgan fingerprint density at radius 3 is 2.56 bits per heavy atom. The van der Waals surface area contributed by atoms with Gasteiger partial charge in [0, 0.05) is 13.1 Å². The maximum absolute atomic E-state index is 13.1. The molecule has 3 aromatic rings. The van der Waals surface area contributed by atoms with Crippen LogP contribution in [0.25, 0.3) is 11.0 Å². The molecule has 3 N–H and O–H groups in total. The fourth-order valence-electron chi connectivity index (χ4n) is 3.74. The van der Waals surface area contributed by atoms with E-state index in [4.69, 9.17) is 0 Å². The van der Waals surface area contributed by atoms with Crippen LogP contribution in [0, 0.1) is 5.92 Å². The standard InChI is InChI=1S/C20H19F3N4O4S/c21-20(22,23)12-4-3-9-27(11-12)18(28)14-5-1-2-6-15(14)26-32(30,31)13-7-8-16-17(10-13)25-19(29)24-16/h1-2,5-8,10,12,26H,3-4,9,11H2,(H2,24,25,29). The van der Waals surface area contributed by atoms with Crippen molar-refractivity contribution in [1.82, 2.24) is 14.9 Å². The van der Waals surface area contributed by atoms with E-state index < -0.39 is 40.3 Å². The average molecular weight is 468 g/mol. The largest absolute Gasteiger partial charge is 0.393 e. The first-order valence-electron chi connectivity index (χ1n) is 9.74. The maximum Gasteiger partial charge on any atom is 0.393 e. The van der Waals surface area contributed by atoms with E-state index in [9.17, 15) is 31.2 Å². The third kappa shape index (κ3) is 4.35. The Kier molecular flexibility index (Phi) is 5.49. The molecule has 8 nitrogen and oxygen atoms in total. The number of carbonyl (C=O) groups is 1. The minimum Gasteiger partial charge on any atom is -0.338 e. The number of carbonyl (C=O) groups excluding carboxylic acids is 1. The van der Waals surface area contributed by atoms with Crippen molar-refractivity contribution in [1.29, 1.82) is 0 Å². The van der Waals surface area contributed by atoms with Crippen LogP contribution in [0.1, 0.15) is 23.2 Å². The first-order chi connectivity index (χ1) is 15.0. The van der Waals surface area contributed by atoms with Crippen molar-refractivity contribution in [2.45, 2.75) is 23.9 Å². The number of imidazole rings is 1. The number of rotatable bonds is 4. The molecular formula is C20H19F3N4O4S. The zero-order valence-corrected chi connectivity index (χ0v) is 17.4. The molecule has 1 atom stereocenters. The van der Waals surface area contributed by atoms with Gasteiger partial charge in [0.05, 0.1) is 33.1 Å². The summed E-state index contributed by atoms with van der Waals surface area (Å²) in [7, 11) is -4.15. The number of alkyl halides is 3. The first-order valence-corrected chi connectivity index (χ1v) is 11.2. The van der Waals surface area contributed by atoms with E-state index >= 15 is 0 Å². The van der Waals surface area contributed by atoms with Crippen molar-refractivity contribution in [3.05, 3.63) is 58.5 Å². The smallest absolute Gasteiger partial charge is 0.338 e. The highest BCUT2D eigenvalue weighted by molar-refractivity contribution is 7.92. The summed E-state index contributed by atoms with van der Waals surface area (Å²) >= 11 is 0. The van der Waals surface area contributed by atoms with E-state index in [2.05, 4.69) is 14.7 Å². The lowest BCUT2D eigenvalue weighted by Gasteiger charge is -2.34. The van der Waals surface area contributed by atoms with Gasteiger partial charge in [0.2, 0.25) is 0 Å². The van der Waals surface area contributed by atoms with Crippen molar-refractivity contribution in [2.24, 2.45) is 5.92 Å². The van der Waals surface area contributed by atoms with Gasteiger partial charge in [-0.1, -0.05) is 12.1 Å². The number of hydrogen-bond acceptors (Lipinski definition) is 4. The number of piperidine rings is 1. The summed E-state index contributed by atoms with van der Waals surface area (Å²) in [6.07, 6.45) is -4.25. The molecule has 4 rings (SSSR count). The molecule has 0 aliphatic carbocycles. The van der Waals surface area contributed by atoms with E-state index in [-0.39, 0.29) is 41.0 Å². The lowest BCUT2D eigenvalue weighted by atomic mass is 9.96. The molecule has 0 spiro atoms. The van der Waals surface area contributed by atoms with Gasteiger partial charge < -0.3 is 14.9 Å². The summed E-state index contributed by atoms with van der Waals surface area (Å²) in [4.78, 5) is 30.3. The first kappa shape index (κ1) is 21.9. The molecule has 2 heterocycles. The number of anilines is 1. The number of fused-ring (bicyclic) bond motifs is 1. The molecule has 2 aromatic carbocycles. The zero-order chi connectivity index (χ0) is 23.1. The van der Waals surface area contributed by atoms with Gasteiger partial charge in [-0.25, -0.2) is 13.2 Å². The van der Waals surface area contributed by atoms with Crippen LogP contribution in [0.4, 0.5) is 18.9 Å². The van der Waals surface area contributed by atoms with Crippen LogP contribution in [-0.2, 0) is 10.0 Å². The zero-order valence-electron chi connectivity index (χ0n) is 16.6. The van der Waals surface area contributed by atoms with Gasteiger partial charge in [-0.2, -0.15) is 13.2 Å². The summed E-state index contributed by atoms with van der Waals surface area (Å²) in [6.45, 7) is -0.315. The Hall–Kier alpha value is -3.28. The Bertz CT molecular complexity index is 1330. The molecule has 32 heavy (non-hydrogen) atoms. The van der Waals surface area contributed by atoms with Crippen LogP contribution >= 0.6 is 0 Å². The normalized spacial score (nSPS) is 17.5. The van der Waals surface area contributed by atoms with Crippen LogP contribution in [0.3, 0.4) is 0 Å². The maximum atomic E-state index is 13.1. The Morgan fingerprint density at radius 2 is 1.81 bits per heavy atom. The van der Waals surface area contributed by atoms with Gasteiger partial charge in [0.25, 0.3) is 15.9 Å². The Morgan fingerprint density at radius 1 is 1.09 bits per heavy atom. The van der Waals surface area contributed by atoms with Crippen LogP contribution < -0.4 is 10.4 Å². The summed E-state index contributed by atoms with van der Waals surface area (Å²) in [5.74, 6) is -2.29. The van der Waals surface area contributed by atoms with Gasteiger partial charge in [0.15, 0.2) is 0 Å². The van der Waals surface area contributed by atoms with Crippen molar-refractivity contribution in [3.8, 4) is 0 Å². The van der Waals surface area contributed by atoms with E-state index in [0.717, 1.165) is 4.90 Å². The molecule has 1 aromatic heterocycles. The second kappa shape index (κ2) is 8.01. The summed E-state index contributed by atoms with van der Waals surface area (Å²) in [5, 5.41) is 0. The molecule has 1 aliphatic heterocycles. The molecule has 1 fully saturated rings. The predicted molar refractivity (Wildman–Crippen MR) is 111 cm³/mol. The topological polar surface area (TPSA) is 115 Å². The number of nitrogens with one attached hydrogen (secondary N) is 3. The van der Waals surface area contributed by atoms with Gasteiger partial charge in [-0.05, 0) is 43.2 Å². The quantitative estimate of drug-likeness (QED) is 0.546. The number of aromatic amines is 2. The van der Waals surface area contributed by atoms with Crippen molar-refractivity contribution >= 4 is 32.7 Å². The third-order valence-electron chi connectivity index (χ3n) is 5.37. The van der Waals surface area contributed by atoms with Crippen LogP contribution in [0.5, 0.6) is 0 Å². The van der Waals surface area contributed by atoms with Crippen molar-refractivity contribution < 1.29 is 26.4 Å². The molecule has 170 valence electrons. The molecule has 12 heteroatoms. The number of likely N-dealkylation sites (tertiary alicyclic amines) is 1. The van der Waals surface area contributed by atoms with Crippen LogP contribution in [0.2, 0.25) is 0 Å². The van der Waals surface area contributed by atoms with E-state index in [1.807, 2.05) is 0 Å². The number of H-pyrrole nitrogens is 2. The fraction of sp³-hybridized carbons (Fsp3) is 0.300. The molecule has 1 amide bonds.